The Morgan fingerprint density at radius 1 is 1.10 bits per heavy atom. The molecule has 5 nitrogen and oxygen atoms in total. The van der Waals surface area contributed by atoms with Crippen molar-refractivity contribution >= 4 is 40.8 Å². The minimum absolute atomic E-state index is 0.180. The molecule has 3 rings (SSSR count). The lowest BCUT2D eigenvalue weighted by Crippen LogP contribution is -2.47. The van der Waals surface area contributed by atoms with Crippen LogP contribution in [0.1, 0.15) is 35.1 Å². The van der Waals surface area contributed by atoms with Crippen LogP contribution in [-0.2, 0) is 11.3 Å². The van der Waals surface area contributed by atoms with Gasteiger partial charge in [0.15, 0.2) is 0 Å². The minimum Gasteiger partial charge on any atom is -0.350 e. The molecule has 0 spiro atoms. The van der Waals surface area contributed by atoms with Gasteiger partial charge in [-0.3, -0.25) is 4.79 Å². The number of nitrogens with zero attached hydrogens (tertiary/aromatic N) is 1. The van der Waals surface area contributed by atoms with Gasteiger partial charge < -0.3 is 15.5 Å². The summed E-state index contributed by atoms with van der Waals surface area (Å²) in [6.45, 7) is 6.81. The van der Waals surface area contributed by atoms with Gasteiger partial charge in [-0.25, -0.2) is 4.79 Å². The van der Waals surface area contributed by atoms with E-state index >= 15 is 0 Å². The Kier molecular flexibility index (Phi) is 6.70. The number of hydrogen-bond donors (Lipinski definition) is 2. The molecule has 29 heavy (non-hydrogen) atoms. The molecule has 1 atom stereocenters. The second kappa shape index (κ2) is 9.06. The molecule has 1 heterocycles. The fraction of sp³-hybridized carbons (Fsp3) is 0.364. The van der Waals surface area contributed by atoms with Crippen LogP contribution in [0.2, 0.25) is 10.0 Å². The number of benzene rings is 2. The third-order valence-electron chi connectivity index (χ3n) is 5.19. The number of nitrogens with one attached hydrogen (secondary N) is 2. The van der Waals surface area contributed by atoms with Gasteiger partial charge in [0.25, 0.3) is 0 Å². The summed E-state index contributed by atoms with van der Waals surface area (Å²) in [7, 11) is 0. The summed E-state index contributed by atoms with van der Waals surface area (Å²) in [4.78, 5) is 27.2. The van der Waals surface area contributed by atoms with E-state index in [4.69, 9.17) is 23.2 Å². The lowest BCUT2D eigenvalue weighted by atomic mass is 10.1. The van der Waals surface area contributed by atoms with Crippen molar-refractivity contribution in [3.05, 3.63) is 62.6 Å². The monoisotopic (exact) mass is 433 g/mol. The number of halogens is 2. The van der Waals surface area contributed by atoms with Gasteiger partial charge in [-0.2, -0.15) is 0 Å². The van der Waals surface area contributed by atoms with E-state index in [2.05, 4.69) is 10.6 Å². The average molecular weight is 434 g/mol. The van der Waals surface area contributed by atoms with Crippen molar-refractivity contribution in [1.82, 2.24) is 10.2 Å². The van der Waals surface area contributed by atoms with E-state index in [1.165, 1.54) is 0 Å². The molecule has 3 amide bonds. The Hall–Kier alpha value is -2.24. The van der Waals surface area contributed by atoms with Crippen molar-refractivity contribution in [2.75, 3.05) is 11.9 Å². The number of urea groups is 1. The van der Waals surface area contributed by atoms with Crippen molar-refractivity contribution in [2.45, 2.75) is 46.2 Å². The third kappa shape index (κ3) is 5.03. The second-order valence-corrected chi connectivity index (χ2v) is 8.35. The molecule has 1 saturated heterocycles. The van der Waals surface area contributed by atoms with Gasteiger partial charge in [-0.1, -0.05) is 47.0 Å². The lowest BCUT2D eigenvalue weighted by molar-refractivity contribution is -0.124. The van der Waals surface area contributed by atoms with E-state index in [9.17, 15) is 9.59 Å². The number of rotatable bonds is 4. The van der Waals surface area contributed by atoms with Crippen molar-refractivity contribution in [3.63, 3.8) is 0 Å². The fourth-order valence-corrected chi connectivity index (χ4v) is 4.28. The van der Waals surface area contributed by atoms with E-state index in [0.29, 0.717) is 23.0 Å². The summed E-state index contributed by atoms with van der Waals surface area (Å²) < 4.78 is 0. The quantitative estimate of drug-likeness (QED) is 0.692. The molecule has 154 valence electrons. The van der Waals surface area contributed by atoms with Crippen LogP contribution >= 0.6 is 23.2 Å². The zero-order valence-electron chi connectivity index (χ0n) is 16.8. The van der Waals surface area contributed by atoms with Crippen molar-refractivity contribution in [1.29, 1.82) is 0 Å². The predicted molar refractivity (Wildman–Crippen MR) is 118 cm³/mol. The van der Waals surface area contributed by atoms with Crippen LogP contribution in [0.25, 0.3) is 0 Å². The molecule has 0 unspecified atom stereocenters. The molecule has 0 aliphatic carbocycles. The van der Waals surface area contributed by atoms with Gasteiger partial charge in [0.1, 0.15) is 6.04 Å². The molecule has 0 aromatic heterocycles. The first-order valence-corrected chi connectivity index (χ1v) is 10.4. The van der Waals surface area contributed by atoms with E-state index in [1.54, 1.807) is 23.1 Å². The van der Waals surface area contributed by atoms with Crippen LogP contribution in [0.3, 0.4) is 0 Å². The zero-order valence-corrected chi connectivity index (χ0v) is 18.3. The van der Waals surface area contributed by atoms with Crippen LogP contribution in [0.5, 0.6) is 0 Å². The smallest absolute Gasteiger partial charge is 0.322 e. The van der Waals surface area contributed by atoms with Gasteiger partial charge in [0.05, 0.1) is 0 Å². The number of aryl methyl sites for hydroxylation is 3. The van der Waals surface area contributed by atoms with Crippen molar-refractivity contribution in [2.24, 2.45) is 0 Å². The predicted octanol–water partition coefficient (Wildman–Crippen LogP) is 5.23. The Morgan fingerprint density at radius 2 is 1.79 bits per heavy atom. The Balaban J connectivity index is 1.66. The largest absolute Gasteiger partial charge is 0.350 e. The molecule has 0 saturated carbocycles. The van der Waals surface area contributed by atoms with E-state index in [-0.39, 0.29) is 18.5 Å². The number of hydrogen-bond acceptors (Lipinski definition) is 2. The molecule has 2 aromatic carbocycles. The first kappa shape index (κ1) is 21.5. The molecular weight excluding hydrogens is 409 g/mol. The van der Waals surface area contributed by atoms with Gasteiger partial charge in [-0.05, 0) is 62.4 Å². The van der Waals surface area contributed by atoms with Gasteiger partial charge in [0, 0.05) is 28.8 Å². The topological polar surface area (TPSA) is 61.4 Å². The Bertz CT molecular complexity index is 923. The van der Waals surface area contributed by atoms with Crippen LogP contribution in [0.15, 0.2) is 30.3 Å². The summed E-state index contributed by atoms with van der Waals surface area (Å²) in [5, 5.41) is 6.94. The minimum atomic E-state index is -0.493. The highest BCUT2D eigenvalue weighted by molar-refractivity contribution is 6.35. The Labute approximate surface area is 181 Å². The van der Waals surface area contributed by atoms with Crippen molar-refractivity contribution < 1.29 is 9.59 Å². The summed E-state index contributed by atoms with van der Waals surface area (Å²) in [5.74, 6) is -0.180. The molecule has 7 heteroatoms. The second-order valence-electron chi connectivity index (χ2n) is 7.51. The molecule has 0 radical (unpaired) electrons. The normalized spacial score (nSPS) is 16.0. The summed E-state index contributed by atoms with van der Waals surface area (Å²) in [6, 6.07) is 8.49. The van der Waals surface area contributed by atoms with Crippen LogP contribution in [-0.4, -0.2) is 29.4 Å². The standard InChI is InChI=1S/C22H25Cl2N3O2/c1-13-9-14(2)20(15(3)10-13)26-22(29)27-8-4-5-19(27)21(28)25-12-16-6-7-17(23)11-18(16)24/h6-7,9-11,19H,4-5,8,12H2,1-3H3,(H,25,28)(H,26,29)/t19-/m0/s1. The van der Waals surface area contributed by atoms with E-state index in [0.717, 1.165) is 34.4 Å². The first-order chi connectivity index (χ1) is 13.8. The van der Waals surface area contributed by atoms with Gasteiger partial charge in [0.2, 0.25) is 5.91 Å². The zero-order chi connectivity index (χ0) is 21.1. The number of carbonyl (C=O) groups excluding carboxylic acids is 2. The maximum atomic E-state index is 12.9. The molecular formula is C22H25Cl2N3O2. The van der Waals surface area contributed by atoms with Crippen LogP contribution < -0.4 is 10.6 Å². The summed E-state index contributed by atoms with van der Waals surface area (Å²) in [6.07, 6.45) is 1.43. The highest BCUT2D eigenvalue weighted by Gasteiger charge is 2.34. The first-order valence-electron chi connectivity index (χ1n) is 9.63. The summed E-state index contributed by atoms with van der Waals surface area (Å²) >= 11 is 12.1. The van der Waals surface area contributed by atoms with Crippen molar-refractivity contribution in [3.8, 4) is 0 Å². The summed E-state index contributed by atoms with van der Waals surface area (Å²) in [5.41, 5.74) is 4.75. The average Bonchev–Trinajstić information content (AvgIpc) is 3.13. The lowest BCUT2D eigenvalue weighted by Gasteiger charge is -2.25. The highest BCUT2D eigenvalue weighted by Crippen LogP contribution is 2.25. The van der Waals surface area contributed by atoms with Crippen LogP contribution in [0.4, 0.5) is 10.5 Å². The molecule has 0 bridgehead atoms. The SMILES string of the molecule is Cc1cc(C)c(NC(=O)N2CCC[C@H]2C(=O)NCc2ccc(Cl)cc2Cl)c(C)c1. The third-order valence-corrected chi connectivity index (χ3v) is 5.78. The van der Waals surface area contributed by atoms with Gasteiger partial charge >= 0.3 is 6.03 Å². The van der Waals surface area contributed by atoms with Gasteiger partial charge in [-0.15, -0.1) is 0 Å². The molecule has 1 aliphatic heterocycles. The maximum absolute atomic E-state index is 12.9. The highest BCUT2D eigenvalue weighted by atomic mass is 35.5. The fourth-order valence-electron chi connectivity index (χ4n) is 3.80. The molecule has 1 fully saturated rings. The van der Waals surface area contributed by atoms with Crippen LogP contribution in [0, 0.1) is 20.8 Å². The van der Waals surface area contributed by atoms with E-state index in [1.807, 2.05) is 32.9 Å². The van der Waals surface area contributed by atoms with E-state index < -0.39 is 6.04 Å². The molecule has 1 aliphatic rings. The number of anilines is 1. The number of likely N-dealkylation sites (tertiary alicyclic amines) is 1. The maximum Gasteiger partial charge on any atom is 0.322 e. The number of amides is 3. The molecule has 2 N–H and O–H groups in total. The Morgan fingerprint density at radius 3 is 2.45 bits per heavy atom. The number of carbonyl (C=O) groups is 2. The molecule has 2 aromatic rings.